The van der Waals surface area contributed by atoms with E-state index in [4.69, 9.17) is 5.73 Å². The van der Waals surface area contributed by atoms with E-state index in [9.17, 15) is 14.4 Å². The zero-order valence-corrected chi connectivity index (χ0v) is 14.3. The molecule has 1 atom stereocenters. The van der Waals surface area contributed by atoms with Gasteiger partial charge in [0.15, 0.2) is 0 Å². The molecular formula is C17H18N6O3. The van der Waals surface area contributed by atoms with Crippen molar-refractivity contribution >= 4 is 29.0 Å². The summed E-state index contributed by atoms with van der Waals surface area (Å²) in [4.78, 5) is 49.9. The lowest BCUT2D eigenvalue weighted by Gasteiger charge is -2.34. The number of piperazine rings is 1. The Morgan fingerprint density at radius 3 is 2.58 bits per heavy atom. The van der Waals surface area contributed by atoms with E-state index >= 15 is 0 Å². The first-order chi connectivity index (χ1) is 12.5. The molecule has 1 aromatic heterocycles. The molecule has 9 nitrogen and oxygen atoms in total. The van der Waals surface area contributed by atoms with Crippen LogP contribution >= 0.6 is 0 Å². The summed E-state index contributed by atoms with van der Waals surface area (Å²) in [5.41, 5.74) is 8.03. The van der Waals surface area contributed by atoms with Crippen molar-refractivity contribution in [1.29, 1.82) is 0 Å². The fourth-order valence-corrected chi connectivity index (χ4v) is 3.42. The van der Waals surface area contributed by atoms with Crippen LogP contribution in [0, 0.1) is 6.92 Å². The topological polar surface area (TPSA) is 113 Å². The third-order valence-electron chi connectivity index (χ3n) is 4.87. The molecule has 0 aliphatic carbocycles. The molecule has 2 fully saturated rings. The Morgan fingerprint density at radius 2 is 1.88 bits per heavy atom. The summed E-state index contributed by atoms with van der Waals surface area (Å²) in [6.07, 6.45) is 0. The Hall–Kier alpha value is -3.23. The average Bonchev–Trinajstić information content (AvgIpc) is 2.86. The number of benzene rings is 1. The molecule has 5 amide bonds. The summed E-state index contributed by atoms with van der Waals surface area (Å²) in [7, 11) is 0. The van der Waals surface area contributed by atoms with Crippen molar-refractivity contribution in [2.75, 3.05) is 19.6 Å². The minimum atomic E-state index is -0.683. The van der Waals surface area contributed by atoms with E-state index < -0.39 is 12.1 Å². The first kappa shape index (κ1) is 16.2. The maximum absolute atomic E-state index is 12.7. The molecule has 0 radical (unpaired) electrons. The maximum Gasteiger partial charge on any atom is 0.327 e. The summed E-state index contributed by atoms with van der Waals surface area (Å²) in [5, 5.41) is 0. The van der Waals surface area contributed by atoms with Crippen LogP contribution in [0.15, 0.2) is 24.3 Å². The van der Waals surface area contributed by atoms with Crippen molar-refractivity contribution in [3.8, 4) is 0 Å². The molecule has 0 bridgehead atoms. The highest BCUT2D eigenvalue weighted by molar-refractivity contribution is 6.04. The third-order valence-corrected chi connectivity index (χ3v) is 4.87. The summed E-state index contributed by atoms with van der Waals surface area (Å²) >= 11 is 0. The second kappa shape index (κ2) is 5.94. The van der Waals surface area contributed by atoms with Gasteiger partial charge in [-0.1, -0.05) is 12.1 Å². The van der Waals surface area contributed by atoms with Crippen molar-refractivity contribution in [2.24, 2.45) is 5.73 Å². The molecule has 0 spiro atoms. The Kier molecular flexibility index (Phi) is 3.71. The molecule has 2 saturated heterocycles. The lowest BCUT2D eigenvalue weighted by Crippen LogP contribution is -2.55. The first-order valence-electron chi connectivity index (χ1n) is 8.34. The van der Waals surface area contributed by atoms with Gasteiger partial charge in [0, 0.05) is 13.1 Å². The number of aryl methyl sites for hydroxylation is 1. The SMILES string of the molecule is Cc1nc2ccccc2nc1CN1C(=O)C2CN(C(N)=O)CCN2C1=O. The van der Waals surface area contributed by atoms with Crippen molar-refractivity contribution in [1.82, 2.24) is 24.7 Å². The highest BCUT2D eigenvalue weighted by Gasteiger charge is 2.48. The summed E-state index contributed by atoms with van der Waals surface area (Å²) in [5.74, 6) is -0.338. The molecule has 3 heterocycles. The van der Waals surface area contributed by atoms with Gasteiger partial charge in [-0.15, -0.1) is 0 Å². The largest absolute Gasteiger partial charge is 0.351 e. The number of amides is 5. The van der Waals surface area contributed by atoms with Gasteiger partial charge in [0.05, 0.1) is 35.5 Å². The van der Waals surface area contributed by atoms with Crippen LogP contribution in [0.25, 0.3) is 11.0 Å². The molecule has 134 valence electrons. The van der Waals surface area contributed by atoms with Gasteiger partial charge in [-0.25, -0.2) is 19.6 Å². The van der Waals surface area contributed by atoms with Crippen LogP contribution in [-0.4, -0.2) is 68.3 Å². The molecule has 1 aromatic carbocycles. The van der Waals surface area contributed by atoms with E-state index in [1.807, 2.05) is 31.2 Å². The number of nitrogens with two attached hydrogens (primary N) is 1. The Bertz CT molecular complexity index is 930. The maximum atomic E-state index is 12.7. The zero-order chi connectivity index (χ0) is 18.4. The van der Waals surface area contributed by atoms with Crippen molar-refractivity contribution < 1.29 is 14.4 Å². The molecule has 2 aliphatic rings. The molecule has 0 saturated carbocycles. The number of rotatable bonds is 2. The minimum absolute atomic E-state index is 0.0604. The summed E-state index contributed by atoms with van der Waals surface area (Å²) in [6, 6.07) is 5.82. The van der Waals surface area contributed by atoms with Crippen molar-refractivity contribution in [3.63, 3.8) is 0 Å². The minimum Gasteiger partial charge on any atom is -0.351 e. The highest BCUT2D eigenvalue weighted by Crippen LogP contribution is 2.24. The summed E-state index contributed by atoms with van der Waals surface area (Å²) < 4.78 is 0. The zero-order valence-electron chi connectivity index (χ0n) is 14.3. The molecular weight excluding hydrogens is 336 g/mol. The van der Waals surface area contributed by atoms with Crippen molar-refractivity contribution in [2.45, 2.75) is 19.5 Å². The molecule has 2 N–H and O–H groups in total. The number of para-hydroxylation sites is 2. The van der Waals surface area contributed by atoms with Crippen LogP contribution in [0.2, 0.25) is 0 Å². The second-order valence-corrected chi connectivity index (χ2v) is 6.44. The van der Waals surface area contributed by atoms with Gasteiger partial charge in [-0.2, -0.15) is 0 Å². The number of primary amides is 1. The molecule has 2 aromatic rings. The van der Waals surface area contributed by atoms with Crippen LogP contribution in [-0.2, 0) is 11.3 Å². The number of carbonyl (C=O) groups is 3. The number of hydrogen-bond donors (Lipinski definition) is 1. The molecule has 4 rings (SSSR count). The molecule has 9 heteroatoms. The lowest BCUT2D eigenvalue weighted by molar-refractivity contribution is -0.129. The molecule has 2 aliphatic heterocycles. The fraction of sp³-hybridized carbons (Fsp3) is 0.353. The Balaban J connectivity index is 1.61. The van der Waals surface area contributed by atoms with Gasteiger partial charge in [-0.05, 0) is 19.1 Å². The van der Waals surface area contributed by atoms with E-state index in [0.29, 0.717) is 23.4 Å². The predicted octanol–water partition coefficient (Wildman–Crippen LogP) is 0.465. The van der Waals surface area contributed by atoms with Crippen LogP contribution in [0.4, 0.5) is 9.59 Å². The average molecular weight is 354 g/mol. The lowest BCUT2D eigenvalue weighted by atomic mass is 10.2. The van der Waals surface area contributed by atoms with E-state index in [0.717, 1.165) is 5.52 Å². The number of imide groups is 1. The summed E-state index contributed by atoms with van der Waals surface area (Å²) in [6.45, 7) is 2.61. The van der Waals surface area contributed by atoms with Crippen LogP contribution in [0.1, 0.15) is 11.4 Å². The standard InChI is InChI=1S/C17H18N6O3/c1-10-13(20-12-5-3-2-4-11(12)19-10)8-23-15(24)14-9-21(16(18)25)6-7-22(14)17(23)26/h2-5,14H,6-9H2,1H3,(H2,18,25). The predicted molar refractivity (Wildman–Crippen MR) is 91.9 cm³/mol. The number of urea groups is 2. The van der Waals surface area contributed by atoms with Gasteiger partial charge in [0.2, 0.25) is 0 Å². The second-order valence-electron chi connectivity index (χ2n) is 6.44. The number of aromatic nitrogens is 2. The smallest absolute Gasteiger partial charge is 0.327 e. The van der Waals surface area contributed by atoms with Gasteiger partial charge in [0.1, 0.15) is 6.04 Å². The normalized spacial score (nSPS) is 20.0. The number of hydrogen-bond acceptors (Lipinski definition) is 5. The van der Waals surface area contributed by atoms with E-state index in [2.05, 4.69) is 9.97 Å². The fourth-order valence-electron chi connectivity index (χ4n) is 3.42. The Labute approximate surface area is 149 Å². The third kappa shape index (κ3) is 2.52. The number of fused-ring (bicyclic) bond motifs is 2. The van der Waals surface area contributed by atoms with Gasteiger partial charge < -0.3 is 15.5 Å². The van der Waals surface area contributed by atoms with Crippen LogP contribution in [0.3, 0.4) is 0 Å². The number of nitrogens with zero attached hydrogens (tertiary/aromatic N) is 5. The van der Waals surface area contributed by atoms with E-state index in [1.165, 1.54) is 14.7 Å². The number of carbonyl (C=O) groups excluding carboxylic acids is 3. The quantitative estimate of drug-likeness (QED) is 0.788. The first-order valence-corrected chi connectivity index (χ1v) is 8.34. The molecule has 26 heavy (non-hydrogen) atoms. The van der Waals surface area contributed by atoms with E-state index in [1.54, 1.807) is 0 Å². The molecule has 1 unspecified atom stereocenters. The van der Waals surface area contributed by atoms with Gasteiger partial charge in [-0.3, -0.25) is 9.69 Å². The van der Waals surface area contributed by atoms with Crippen LogP contribution in [0.5, 0.6) is 0 Å². The van der Waals surface area contributed by atoms with Gasteiger partial charge in [0.25, 0.3) is 5.91 Å². The van der Waals surface area contributed by atoms with Gasteiger partial charge >= 0.3 is 12.1 Å². The van der Waals surface area contributed by atoms with Crippen molar-refractivity contribution in [3.05, 3.63) is 35.7 Å². The van der Waals surface area contributed by atoms with E-state index in [-0.39, 0.29) is 31.6 Å². The van der Waals surface area contributed by atoms with Crippen LogP contribution < -0.4 is 5.73 Å². The highest BCUT2D eigenvalue weighted by atomic mass is 16.2. The Morgan fingerprint density at radius 1 is 1.19 bits per heavy atom. The monoisotopic (exact) mass is 354 g/mol.